The van der Waals surface area contributed by atoms with Crippen LogP contribution < -0.4 is 4.89 Å². The number of hydrogen-bond acceptors (Lipinski definition) is 9. The minimum absolute atomic E-state index is 0. The van der Waals surface area contributed by atoms with Crippen LogP contribution in [-0.4, -0.2) is 80.9 Å². The van der Waals surface area contributed by atoms with Gasteiger partial charge in [-0.3, -0.25) is 4.90 Å². The summed E-state index contributed by atoms with van der Waals surface area (Å²) in [5.41, 5.74) is 6.95. The largest absolute Gasteiger partial charge is 2.00 e. The molecule has 28 heavy (non-hydrogen) atoms. The van der Waals surface area contributed by atoms with Gasteiger partial charge in [0.05, 0.1) is 0 Å². The first-order chi connectivity index (χ1) is 12.5. The normalized spacial score (nSPS) is 11.9. The van der Waals surface area contributed by atoms with Crippen LogP contribution in [0.5, 0.6) is 0 Å². The molecule has 0 radical (unpaired) electrons. The second-order valence-electron chi connectivity index (χ2n) is 4.34. The first-order valence-corrected chi connectivity index (χ1v) is 8.54. The van der Waals surface area contributed by atoms with E-state index in [-0.39, 0.29) is 41.6 Å². The molecule has 0 aromatic carbocycles. The molecule has 0 heterocycles. The number of nitrogens with zero attached hydrogens (tertiary/aromatic N) is 1. The van der Waals surface area contributed by atoms with Gasteiger partial charge in [0.2, 0.25) is 6.04 Å². The third-order valence-corrected chi connectivity index (χ3v) is 2.85. The average molecular weight is 613 g/mol. The van der Waals surface area contributed by atoms with Gasteiger partial charge in [-0.25, -0.2) is 14.8 Å². The number of likely N-dealkylation sites (N-methyl/N-ethyl adjacent to an activating group) is 1. The van der Waals surface area contributed by atoms with E-state index in [1.165, 1.54) is 4.90 Å². The quantitative estimate of drug-likeness (QED) is 0.0594. The van der Waals surface area contributed by atoms with Crippen LogP contribution in [0.25, 0.3) is 5.73 Å². The van der Waals surface area contributed by atoms with E-state index in [0.717, 1.165) is 0 Å². The van der Waals surface area contributed by atoms with Gasteiger partial charge in [0.1, 0.15) is 0 Å². The van der Waals surface area contributed by atoms with Crippen molar-refractivity contribution in [2.45, 2.75) is 25.9 Å². The minimum atomic E-state index is -3.04. The van der Waals surface area contributed by atoms with Crippen molar-refractivity contribution in [1.29, 1.82) is 0 Å². The van der Waals surface area contributed by atoms with Crippen molar-refractivity contribution < 1.29 is 71.9 Å². The molecule has 6 N–H and O–H groups in total. The van der Waals surface area contributed by atoms with E-state index in [0.29, 0.717) is 13.1 Å². The molecule has 0 aromatic heterocycles. The van der Waals surface area contributed by atoms with Gasteiger partial charge in [0.25, 0.3) is 0 Å². The van der Waals surface area contributed by atoms with Crippen LogP contribution in [0.3, 0.4) is 0 Å². The van der Waals surface area contributed by atoms with Gasteiger partial charge >= 0.3 is 41.3 Å². The predicted octanol–water partition coefficient (Wildman–Crippen LogP) is 0.247. The van der Waals surface area contributed by atoms with E-state index in [1.807, 2.05) is 0 Å². The van der Waals surface area contributed by atoms with E-state index in [1.54, 1.807) is 13.8 Å². The fourth-order valence-electron chi connectivity index (χ4n) is 1.28. The smallest absolute Gasteiger partial charge is 0.675 e. The van der Waals surface area contributed by atoms with Crippen LogP contribution in [0.1, 0.15) is 15.3 Å². The summed E-state index contributed by atoms with van der Waals surface area (Å²) in [7, 11) is -3.04. The van der Waals surface area contributed by atoms with Crippen LogP contribution in [-0.2, 0) is 39.9 Å². The van der Waals surface area contributed by atoms with Crippen LogP contribution in [0, 0.1) is 12.8 Å². The maximum atomic E-state index is 10.5. The average Bonchev–Trinajstić information content (AvgIpc) is 2.66. The van der Waals surface area contributed by atoms with Crippen LogP contribution >= 0.6 is 8.25 Å². The molecule has 0 aliphatic carbocycles. The molecule has 12 nitrogen and oxygen atoms in total. The molecule has 14 heteroatoms. The summed E-state index contributed by atoms with van der Waals surface area (Å²) in [4.78, 5) is 31.3. The molecule has 3 atom stereocenters. The number of aliphatic carboxylic acids is 2. The summed E-state index contributed by atoms with van der Waals surface area (Å²) in [5, 5.41) is 40.8. The van der Waals surface area contributed by atoms with E-state index >= 15 is 0 Å². The Morgan fingerprint density at radius 2 is 1.54 bits per heavy atom. The number of aliphatic hydroxyl groups is 2. The number of carboxylic acids is 2. The first kappa shape index (κ1) is 37.9. The van der Waals surface area contributed by atoms with Gasteiger partial charge in [-0.15, -0.1) is 19.2 Å². The Morgan fingerprint density at radius 3 is 1.61 bits per heavy atom. The van der Waals surface area contributed by atoms with Crippen molar-refractivity contribution in [3.05, 3.63) is 25.8 Å². The number of hydrogen-bond donors (Lipinski definition) is 5. The number of carbonyl (C=O) groups is 2. The maximum absolute atomic E-state index is 10.5. The summed E-state index contributed by atoms with van der Waals surface area (Å²) >= 11 is 0. The fraction of sp³-hybridized carbons (Fsp3) is 0.643. The third kappa shape index (κ3) is 23.2. The molecule has 172 valence electrons. The second-order valence-corrected chi connectivity index (χ2v) is 4.95. The zero-order valence-electron chi connectivity index (χ0n) is 15.7. The van der Waals surface area contributed by atoms with E-state index in [2.05, 4.69) is 24.8 Å². The van der Waals surface area contributed by atoms with E-state index < -0.39 is 32.3 Å². The standard InChI is InChI=1S/C7H13NO4.C5H11NO2.C2H4.HO4P.Pt.H2/c1-3-8(4-2)5(6(9)10)7(11)12;1-4(2-7)5(6)3-8;1-2;1-4-5(2)3;;/h5H,3-4H2,1-2H3,(H,9,10)(H,11,12);4-8H,1-3H2;1-2H2;1H;;1H/q;-2;;;+2;. The Morgan fingerprint density at radius 1 is 1.21 bits per heavy atom. The number of rotatable bonds is 9. The van der Waals surface area contributed by atoms with Crippen molar-refractivity contribution >= 4 is 20.2 Å². The Labute approximate surface area is 181 Å². The topological polar surface area (TPSA) is 212 Å². The SMILES string of the molecule is C=C.CCN(CC)C(C(=O)O)C(=O)O.O=[P+]([O-])OO.[CH2-]C(CO)C([NH-])CO.[HH].[Pt+2]. The third-order valence-electron chi connectivity index (χ3n) is 2.71. The molecular formula is C14H31N2O10PPt. The summed E-state index contributed by atoms with van der Waals surface area (Å²) in [6.07, 6.45) is 0. The number of aliphatic hydroxyl groups excluding tert-OH is 2. The molecule has 0 aliphatic heterocycles. The molecule has 3 unspecified atom stereocenters. The molecule has 0 spiro atoms. The summed E-state index contributed by atoms with van der Waals surface area (Å²) in [6, 6.07) is -2.06. The molecule has 0 aromatic rings. The van der Waals surface area contributed by atoms with Crippen LogP contribution in [0.15, 0.2) is 13.2 Å². The summed E-state index contributed by atoms with van der Waals surface area (Å²) in [6.45, 7) is 13.4. The molecule has 0 rings (SSSR count). The Kier molecular flexibility index (Phi) is 35.4. The molecular weight excluding hydrogens is 582 g/mol. The van der Waals surface area contributed by atoms with Gasteiger partial charge in [-0.1, -0.05) is 13.8 Å². The number of carboxylic acid groups (broad SMARTS) is 2. The van der Waals surface area contributed by atoms with Crippen molar-refractivity contribution in [3.8, 4) is 0 Å². The van der Waals surface area contributed by atoms with E-state index in [4.69, 9.17) is 40.9 Å². The zero-order chi connectivity index (χ0) is 22.6. The van der Waals surface area contributed by atoms with Gasteiger partial charge in [0, 0.05) is 19.3 Å². The summed E-state index contributed by atoms with van der Waals surface area (Å²) in [5.74, 6) is -2.99. The van der Waals surface area contributed by atoms with Gasteiger partial charge < -0.3 is 38.0 Å². The molecule has 0 aliphatic rings. The van der Waals surface area contributed by atoms with E-state index in [9.17, 15) is 9.59 Å². The number of nitrogens with one attached hydrogen (secondary N) is 1. The Hall–Kier alpha value is -0.812. The Balaban J connectivity index is -0.0000000681. The predicted molar refractivity (Wildman–Crippen MR) is 97.8 cm³/mol. The maximum Gasteiger partial charge on any atom is 2.00 e. The van der Waals surface area contributed by atoms with Crippen LogP contribution in [0.2, 0.25) is 0 Å². The molecule has 0 fully saturated rings. The molecule has 0 bridgehead atoms. The van der Waals surface area contributed by atoms with Gasteiger partial charge in [-0.05, 0) is 17.7 Å². The first-order valence-electron chi connectivity index (χ1n) is 7.45. The molecule has 0 amide bonds. The van der Waals surface area contributed by atoms with Crippen molar-refractivity contribution in [1.82, 2.24) is 4.90 Å². The van der Waals surface area contributed by atoms with Crippen molar-refractivity contribution in [3.63, 3.8) is 0 Å². The zero-order valence-corrected chi connectivity index (χ0v) is 18.8. The second kappa shape index (κ2) is 26.2. The van der Waals surface area contributed by atoms with Crippen molar-refractivity contribution in [2.24, 2.45) is 5.92 Å². The van der Waals surface area contributed by atoms with Gasteiger partial charge in [-0.2, -0.15) is 5.92 Å². The summed E-state index contributed by atoms with van der Waals surface area (Å²) < 4.78 is 11.6. The van der Waals surface area contributed by atoms with Crippen LogP contribution in [0.4, 0.5) is 0 Å². The van der Waals surface area contributed by atoms with Crippen molar-refractivity contribution in [2.75, 3.05) is 26.3 Å². The fourth-order valence-corrected chi connectivity index (χ4v) is 1.28. The molecule has 0 saturated heterocycles. The minimum Gasteiger partial charge on any atom is -0.675 e. The van der Waals surface area contributed by atoms with Gasteiger partial charge in [0.15, 0.2) is 0 Å². The monoisotopic (exact) mass is 613 g/mol. The Bertz CT molecular complexity index is 387. The molecule has 0 saturated carbocycles.